The molecule has 0 spiro atoms. The van der Waals surface area contributed by atoms with Crippen LogP contribution in [0.4, 0.5) is 0 Å². The van der Waals surface area contributed by atoms with Crippen LogP contribution in [-0.4, -0.2) is 19.0 Å². The molecule has 0 radical (unpaired) electrons. The summed E-state index contributed by atoms with van der Waals surface area (Å²) in [7, 11) is 1.71. The molecule has 1 aliphatic carbocycles. The van der Waals surface area contributed by atoms with Gasteiger partial charge < -0.3 is 4.74 Å². The molecule has 19 heavy (non-hydrogen) atoms. The molecule has 0 N–H and O–H groups in total. The molecule has 0 amide bonds. The fraction of sp³-hybridized carbons (Fsp3) is 0.941. The molecule has 0 bridgehead atoms. The molecular formula is C17H32O2. The molecule has 0 aromatic rings. The Labute approximate surface area is 119 Å². The van der Waals surface area contributed by atoms with Crippen molar-refractivity contribution in [2.24, 2.45) is 11.8 Å². The first-order valence-corrected chi connectivity index (χ1v) is 8.28. The summed E-state index contributed by atoms with van der Waals surface area (Å²) in [5, 5.41) is 0. The number of ether oxygens (including phenoxy) is 1. The lowest BCUT2D eigenvalue weighted by Crippen LogP contribution is -2.34. The highest BCUT2D eigenvalue weighted by atomic mass is 16.5. The van der Waals surface area contributed by atoms with Crippen LogP contribution in [0.15, 0.2) is 0 Å². The normalized spacial score (nSPS) is 20.2. The van der Waals surface area contributed by atoms with Crippen LogP contribution in [0, 0.1) is 11.8 Å². The number of hydrogen-bond acceptors (Lipinski definition) is 2. The third-order valence-electron chi connectivity index (χ3n) is 4.68. The van der Waals surface area contributed by atoms with E-state index in [1.165, 1.54) is 51.4 Å². The average molecular weight is 268 g/mol. The highest BCUT2D eigenvalue weighted by molar-refractivity contribution is 5.83. The maximum Gasteiger partial charge on any atom is 0.162 e. The van der Waals surface area contributed by atoms with Crippen molar-refractivity contribution in [1.29, 1.82) is 0 Å². The lowest BCUT2D eigenvalue weighted by Gasteiger charge is -2.29. The summed E-state index contributed by atoms with van der Waals surface area (Å²) < 4.78 is 5.55. The Morgan fingerprint density at radius 3 is 2.42 bits per heavy atom. The lowest BCUT2D eigenvalue weighted by atomic mass is 9.81. The number of carbonyl (C=O) groups is 1. The highest BCUT2D eigenvalue weighted by Crippen LogP contribution is 2.30. The van der Waals surface area contributed by atoms with Crippen molar-refractivity contribution < 1.29 is 9.53 Å². The number of methoxy groups -OCH3 is 1. The van der Waals surface area contributed by atoms with Crippen LogP contribution >= 0.6 is 0 Å². The fourth-order valence-electron chi connectivity index (χ4n) is 3.37. The van der Waals surface area contributed by atoms with Crippen molar-refractivity contribution >= 4 is 5.78 Å². The number of rotatable bonds is 9. The first-order chi connectivity index (χ1) is 9.22. The van der Waals surface area contributed by atoms with E-state index in [0.29, 0.717) is 17.6 Å². The zero-order valence-corrected chi connectivity index (χ0v) is 13.1. The molecule has 0 heterocycles. The number of Topliss-reactive ketones (excluding diaryl/α,β-unsaturated/α-hetero) is 1. The second-order valence-corrected chi connectivity index (χ2v) is 6.14. The molecule has 2 atom stereocenters. The van der Waals surface area contributed by atoms with Crippen molar-refractivity contribution in [3.8, 4) is 0 Å². The molecular weight excluding hydrogens is 236 g/mol. The minimum Gasteiger partial charge on any atom is -0.373 e. The van der Waals surface area contributed by atoms with E-state index in [9.17, 15) is 4.79 Å². The molecule has 0 saturated heterocycles. The standard InChI is InChI=1S/C17H32O2/c1-4-6-10-14(5-2)13-16(18)17(19-3)15-11-8-7-9-12-15/h14-15,17H,4-13H2,1-3H3. The zero-order chi connectivity index (χ0) is 14.1. The van der Waals surface area contributed by atoms with Crippen LogP contribution in [0.25, 0.3) is 0 Å². The minimum atomic E-state index is -0.129. The largest absolute Gasteiger partial charge is 0.373 e. The van der Waals surface area contributed by atoms with Gasteiger partial charge in [0, 0.05) is 13.5 Å². The molecule has 0 aromatic heterocycles. The summed E-state index contributed by atoms with van der Waals surface area (Å²) in [6.07, 6.45) is 11.6. The SMILES string of the molecule is CCCCC(CC)CC(=O)C(OC)C1CCCCC1. The van der Waals surface area contributed by atoms with Gasteiger partial charge in [0.2, 0.25) is 0 Å². The molecule has 2 unspecified atom stereocenters. The van der Waals surface area contributed by atoms with Gasteiger partial charge in [-0.2, -0.15) is 0 Å². The molecule has 0 aliphatic heterocycles. The fourth-order valence-corrected chi connectivity index (χ4v) is 3.37. The van der Waals surface area contributed by atoms with Crippen molar-refractivity contribution in [1.82, 2.24) is 0 Å². The predicted molar refractivity (Wildman–Crippen MR) is 80.3 cm³/mol. The summed E-state index contributed by atoms with van der Waals surface area (Å²) in [4.78, 5) is 12.5. The molecule has 112 valence electrons. The monoisotopic (exact) mass is 268 g/mol. The van der Waals surface area contributed by atoms with E-state index < -0.39 is 0 Å². The Hall–Kier alpha value is -0.370. The van der Waals surface area contributed by atoms with E-state index in [0.717, 1.165) is 12.8 Å². The molecule has 1 rings (SSSR count). The number of unbranched alkanes of at least 4 members (excludes halogenated alkanes) is 1. The molecule has 1 fully saturated rings. The van der Waals surface area contributed by atoms with Gasteiger partial charge in [-0.1, -0.05) is 58.8 Å². The second kappa shape index (κ2) is 9.52. The van der Waals surface area contributed by atoms with Gasteiger partial charge in [0.15, 0.2) is 5.78 Å². The topological polar surface area (TPSA) is 26.3 Å². The Balaban J connectivity index is 2.47. The predicted octanol–water partition coefficient (Wildman–Crippen LogP) is 4.76. The van der Waals surface area contributed by atoms with Crippen LogP contribution < -0.4 is 0 Å². The first kappa shape index (κ1) is 16.7. The summed E-state index contributed by atoms with van der Waals surface area (Å²) in [6.45, 7) is 4.42. The van der Waals surface area contributed by atoms with Crippen LogP contribution in [0.1, 0.15) is 78.1 Å². The van der Waals surface area contributed by atoms with Crippen molar-refractivity contribution in [3.63, 3.8) is 0 Å². The summed E-state index contributed by atoms with van der Waals surface area (Å²) in [6, 6.07) is 0. The molecule has 2 heteroatoms. The van der Waals surface area contributed by atoms with Gasteiger partial charge in [-0.15, -0.1) is 0 Å². The highest BCUT2D eigenvalue weighted by Gasteiger charge is 2.30. The van der Waals surface area contributed by atoms with E-state index in [-0.39, 0.29) is 6.10 Å². The zero-order valence-electron chi connectivity index (χ0n) is 13.1. The van der Waals surface area contributed by atoms with E-state index in [1.54, 1.807) is 7.11 Å². The van der Waals surface area contributed by atoms with Crippen LogP contribution in [0.3, 0.4) is 0 Å². The molecule has 1 saturated carbocycles. The Bertz CT molecular complexity index is 244. The van der Waals surface area contributed by atoms with Gasteiger partial charge in [0.25, 0.3) is 0 Å². The van der Waals surface area contributed by atoms with Gasteiger partial charge in [-0.05, 0) is 24.7 Å². The van der Waals surface area contributed by atoms with Crippen molar-refractivity contribution in [2.45, 2.75) is 84.2 Å². The summed E-state index contributed by atoms with van der Waals surface area (Å²) in [5.41, 5.74) is 0. The molecule has 1 aliphatic rings. The third kappa shape index (κ3) is 5.64. The first-order valence-electron chi connectivity index (χ1n) is 8.28. The summed E-state index contributed by atoms with van der Waals surface area (Å²) >= 11 is 0. The van der Waals surface area contributed by atoms with E-state index in [4.69, 9.17) is 4.74 Å². The lowest BCUT2D eigenvalue weighted by molar-refractivity contribution is -0.133. The minimum absolute atomic E-state index is 0.129. The Morgan fingerprint density at radius 2 is 1.89 bits per heavy atom. The van der Waals surface area contributed by atoms with Gasteiger partial charge in [-0.25, -0.2) is 0 Å². The maximum atomic E-state index is 12.5. The van der Waals surface area contributed by atoms with Gasteiger partial charge in [-0.3, -0.25) is 4.79 Å². The van der Waals surface area contributed by atoms with Crippen LogP contribution in [0.5, 0.6) is 0 Å². The average Bonchev–Trinajstić information content (AvgIpc) is 2.45. The van der Waals surface area contributed by atoms with Crippen LogP contribution in [0.2, 0.25) is 0 Å². The molecule has 2 nitrogen and oxygen atoms in total. The van der Waals surface area contributed by atoms with Crippen LogP contribution in [-0.2, 0) is 9.53 Å². The Kier molecular flexibility index (Phi) is 8.36. The summed E-state index contributed by atoms with van der Waals surface area (Å²) in [5.74, 6) is 1.40. The van der Waals surface area contributed by atoms with E-state index >= 15 is 0 Å². The second-order valence-electron chi connectivity index (χ2n) is 6.14. The molecule has 0 aromatic carbocycles. The van der Waals surface area contributed by atoms with Crippen molar-refractivity contribution in [3.05, 3.63) is 0 Å². The van der Waals surface area contributed by atoms with Gasteiger partial charge in [0.05, 0.1) is 0 Å². The maximum absolute atomic E-state index is 12.5. The quantitative estimate of drug-likeness (QED) is 0.603. The van der Waals surface area contributed by atoms with E-state index in [2.05, 4.69) is 13.8 Å². The van der Waals surface area contributed by atoms with E-state index in [1.807, 2.05) is 0 Å². The van der Waals surface area contributed by atoms with Gasteiger partial charge in [0.1, 0.15) is 6.10 Å². The smallest absolute Gasteiger partial charge is 0.162 e. The van der Waals surface area contributed by atoms with Crippen molar-refractivity contribution in [2.75, 3.05) is 7.11 Å². The van der Waals surface area contributed by atoms with Gasteiger partial charge >= 0.3 is 0 Å². The number of hydrogen-bond donors (Lipinski definition) is 0. The number of ketones is 1. The third-order valence-corrected chi connectivity index (χ3v) is 4.68. The Morgan fingerprint density at radius 1 is 1.21 bits per heavy atom. The number of carbonyl (C=O) groups excluding carboxylic acids is 1.